The molecule has 4 heteroatoms. The number of nitrogens with two attached hydrogens (primary N) is 1. The van der Waals surface area contributed by atoms with Crippen molar-refractivity contribution in [1.82, 2.24) is 5.32 Å². The van der Waals surface area contributed by atoms with E-state index < -0.39 is 0 Å². The second kappa shape index (κ2) is 6.59. The summed E-state index contributed by atoms with van der Waals surface area (Å²) in [5.74, 6) is 0.327. The van der Waals surface area contributed by atoms with Gasteiger partial charge in [0.25, 0.3) is 0 Å². The van der Waals surface area contributed by atoms with Crippen LogP contribution in [0.15, 0.2) is 24.3 Å². The minimum atomic E-state index is 0. The highest BCUT2D eigenvalue weighted by Crippen LogP contribution is 2.32. The number of halogens is 1. The molecule has 1 fully saturated rings. The lowest BCUT2D eigenvalue weighted by Gasteiger charge is -2.27. The van der Waals surface area contributed by atoms with Crippen molar-refractivity contribution in [2.24, 2.45) is 11.7 Å². The number of hydrogen-bond donors (Lipinski definition) is 2. The lowest BCUT2D eigenvalue weighted by molar-refractivity contribution is -0.126. The number of fused-ring (bicyclic) bond motifs is 1. The summed E-state index contributed by atoms with van der Waals surface area (Å²) in [6, 6.07) is 8.85. The number of benzene rings is 1. The van der Waals surface area contributed by atoms with Crippen molar-refractivity contribution in [3.05, 3.63) is 35.4 Å². The van der Waals surface area contributed by atoms with Gasteiger partial charge in [-0.15, -0.1) is 12.4 Å². The molecule has 0 aliphatic heterocycles. The first-order valence-corrected chi connectivity index (χ1v) is 7.38. The van der Waals surface area contributed by atoms with Crippen molar-refractivity contribution >= 4 is 18.3 Å². The van der Waals surface area contributed by atoms with E-state index in [4.69, 9.17) is 5.73 Å². The zero-order chi connectivity index (χ0) is 13.2. The third-order valence-electron chi connectivity index (χ3n) is 4.53. The summed E-state index contributed by atoms with van der Waals surface area (Å²) < 4.78 is 0. The Kier molecular flexibility index (Phi) is 5.06. The highest BCUT2D eigenvalue weighted by Gasteiger charge is 2.29. The van der Waals surface area contributed by atoms with Gasteiger partial charge in [-0.1, -0.05) is 30.7 Å². The van der Waals surface area contributed by atoms with Crippen LogP contribution in [0.2, 0.25) is 0 Å². The molecule has 20 heavy (non-hydrogen) atoms. The number of amides is 1. The number of carbonyl (C=O) groups is 1. The van der Waals surface area contributed by atoms with Crippen LogP contribution in [0.5, 0.6) is 0 Å². The molecule has 2 aliphatic carbocycles. The molecule has 3 unspecified atom stereocenters. The van der Waals surface area contributed by atoms with Crippen LogP contribution in [-0.2, 0) is 11.2 Å². The van der Waals surface area contributed by atoms with Crippen LogP contribution < -0.4 is 11.1 Å². The standard InChI is InChI=1S/C16H22N2O.ClH/c17-13-6-3-5-12(10-13)16(19)18-15-9-8-11-4-1-2-7-14(11)15;/h1-2,4,7,12-13,15H,3,5-6,8-10,17H2,(H,18,19);1H. The van der Waals surface area contributed by atoms with Crippen molar-refractivity contribution in [1.29, 1.82) is 0 Å². The largest absolute Gasteiger partial charge is 0.349 e. The van der Waals surface area contributed by atoms with E-state index in [2.05, 4.69) is 29.6 Å². The topological polar surface area (TPSA) is 55.1 Å². The summed E-state index contributed by atoms with van der Waals surface area (Å²) in [6.45, 7) is 0. The van der Waals surface area contributed by atoms with Gasteiger partial charge in [0, 0.05) is 12.0 Å². The second-order valence-electron chi connectivity index (χ2n) is 5.92. The van der Waals surface area contributed by atoms with Crippen LogP contribution in [0, 0.1) is 5.92 Å². The molecule has 1 amide bonds. The predicted octanol–water partition coefficient (Wildman–Crippen LogP) is 2.73. The van der Waals surface area contributed by atoms with Gasteiger partial charge in [0.1, 0.15) is 0 Å². The van der Waals surface area contributed by atoms with Crippen LogP contribution in [0.3, 0.4) is 0 Å². The highest BCUT2D eigenvalue weighted by molar-refractivity contribution is 5.85. The zero-order valence-corrected chi connectivity index (χ0v) is 12.5. The molecule has 0 aromatic heterocycles. The van der Waals surface area contributed by atoms with Gasteiger partial charge in [0.05, 0.1) is 6.04 Å². The van der Waals surface area contributed by atoms with Crippen molar-refractivity contribution in [2.45, 2.75) is 50.6 Å². The minimum Gasteiger partial charge on any atom is -0.349 e. The van der Waals surface area contributed by atoms with Gasteiger partial charge in [0.2, 0.25) is 5.91 Å². The first-order valence-electron chi connectivity index (χ1n) is 7.38. The van der Waals surface area contributed by atoms with Gasteiger partial charge in [-0.25, -0.2) is 0 Å². The second-order valence-corrected chi connectivity index (χ2v) is 5.92. The Morgan fingerprint density at radius 2 is 2.00 bits per heavy atom. The SMILES string of the molecule is Cl.NC1CCCC(C(=O)NC2CCc3ccccc32)C1. The summed E-state index contributed by atoms with van der Waals surface area (Å²) in [7, 11) is 0. The lowest BCUT2D eigenvalue weighted by Crippen LogP contribution is -2.38. The normalized spacial score (nSPS) is 28.4. The molecule has 1 saturated carbocycles. The molecule has 3 nitrogen and oxygen atoms in total. The molecular weight excluding hydrogens is 272 g/mol. The molecule has 3 atom stereocenters. The maximum Gasteiger partial charge on any atom is 0.223 e. The molecule has 0 heterocycles. The quantitative estimate of drug-likeness (QED) is 0.881. The fraction of sp³-hybridized carbons (Fsp3) is 0.562. The monoisotopic (exact) mass is 294 g/mol. The van der Waals surface area contributed by atoms with E-state index in [0.29, 0.717) is 0 Å². The highest BCUT2D eigenvalue weighted by atomic mass is 35.5. The van der Waals surface area contributed by atoms with E-state index >= 15 is 0 Å². The van der Waals surface area contributed by atoms with Gasteiger partial charge in [-0.2, -0.15) is 0 Å². The third kappa shape index (κ3) is 3.15. The van der Waals surface area contributed by atoms with E-state index in [1.54, 1.807) is 0 Å². The molecule has 110 valence electrons. The molecule has 0 radical (unpaired) electrons. The molecule has 3 rings (SSSR count). The summed E-state index contributed by atoms with van der Waals surface area (Å²) in [4.78, 5) is 12.3. The average Bonchev–Trinajstić information content (AvgIpc) is 2.82. The summed E-state index contributed by atoms with van der Waals surface area (Å²) >= 11 is 0. The van der Waals surface area contributed by atoms with Crippen LogP contribution in [0.1, 0.15) is 49.3 Å². The Morgan fingerprint density at radius 3 is 2.80 bits per heavy atom. The number of rotatable bonds is 2. The smallest absolute Gasteiger partial charge is 0.223 e. The molecule has 1 aromatic carbocycles. The summed E-state index contributed by atoms with van der Waals surface area (Å²) in [6.07, 6.45) is 6.10. The molecule has 0 bridgehead atoms. The molecule has 2 aliphatic rings. The first-order chi connectivity index (χ1) is 9.24. The van der Waals surface area contributed by atoms with Crippen LogP contribution in [0.4, 0.5) is 0 Å². The molecule has 3 N–H and O–H groups in total. The van der Waals surface area contributed by atoms with Gasteiger partial charge in [-0.05, 0) is 43.2 Å². The minimum absolute atomic E-state index is 0. The first kappa shape index (κ1) is 15.3. The Labute approximate surface area is 126 Å². The van der Waals surface area contributed by atoms with E-state index in [1.165, 1.54) is 11.1 Å². The van der Waals surface area contributed by atoms with E-state index in [9.17, 15) is 4.79 Å². The Balaban J connectivity index is 0.00000147. The number of carbonyl (C=O) groups excluding carboxylic acids is 1. The maximum absolute atomic E-state index is 12.3. The van der Waals surface area contributed by atoms with E-state index in [0.717, 1.165) is 38.5 Å². The van der Waals surface area contributed by atoms with E-state index in [1.807, 2.05) is 0 Å². The summed E-state index contributed by atoms with van der Waals surface area (Å²) in [5, 5.41) is 3.23. The average molecular weight is 295 g/mol. The zero-order valence-electron chi connectivity index (χ0n) is 11.7. The van der Waals surface area contributed by atoms with Crippen LogP contribution in [0.25, 0.3) is 0 Å². The molecular formula is C16H23ClN2O. The van der Waals surface area contributed by atoms with Gasteiger partial charge in [0.15, 0.2) is 0 Å². The van der Waals surface area contributed by atoms with Crippen molar-refractivity contribution < 1.29 is 4.79 Å². The van der Waals surface area contributed by atoms with Crippen LogP contribution in [-0.4, -0.2) is 11.9 Å². The van der Waals surface area contributed by atoms with Crippen molar-refractivity contribution in [3.8, 4) is 0 Å². The Bertz CT molecular complexity index is 477. The molecule has 1 aromatic rings. The van der Waals surface area contributed by atoms with Gasteiger partial charge >= 0.3 is 0 Å². The van der Waals surface area contributed by atoms with E-state index in [-0.39, 0.29) is 36.3 Å². The predicted molar refractivity (Wildman–Crippen MR) is 82.8 cm³/mol. The third-order valence-corrected chi connectivity index (χ3v) is 4.53. The summed E-state index contributed by atoms with van der Waals surface area (Å²) in [5.41, 5.74) is 8.65. The van der Waals surface area contributed by atoms with Gasteiger partial charge < -0.3 is 11.1 Å². The number of nitrogens with one attached hydrogen (secondary N) is 1. The fourth-order valence-electron chi connectivity index (χ4n) is 3.46. The van der Waals surface area contributed by atoms with Crippen molar-refractivity contribution in [3.63, 3.8) is 0 Å². The number of aryl methyl sites for hydroxylation is 1. The molecule has 0 spiro atoms. The Morgan fingerprint density at radius 1 is 1.20 bits per heavy atom. The Hall–Kier alpha value is -1.06. The molecule has 0 saturated heterocycles. The van der Waals surface area contributed by atoms with Crippen molar-refractivity contribution in [2.75, 3.05) is 0 Å². The maximum atomic E-state index is 12.3. The van der Waals surface area contributed by atoms with Crippen LogP contribution >= 0.6 is 12.4 Å². The number of hydrogen-bond acceptors (Lipinski definition) is 2. The fourth-order valence-corrected chi connectivity index (χ4v) is 3.46. The van der Waals surface area contributed by atoms with Gasteiger partial charge in [-0.3, -0.25) is 4.79 Å². The lowest BCUT2D eigenvalue weighted by atomic mass is 9.85.